The number of dihydropyridines is 1. The van der Waals surface area contributed by atoms with Crippen molar-refractivity contribution in [3.8, 4) is 11.3 Å². The minimum absolute atomic E-state index is 0.213. The molecule has 1 atom stereocenters. The van der Waals surface area contributed by atoms with Gasteiger partial charge in [0.15, 0.2) is 0 Å². The molecule has 0 aliphatic carbocycles. The van der Waals surface area contributed by atoms with Gasteiger partial charge in [0.2, 0.25) is 0 Å². The van der Waals surface area contributed by atoms with Crippen molar-refractivity contribution >= 4 is 22.1 Å². The van der Waals surface area contributed by atoms with Crippen LogP contribution in [-0.4, -0.2) is 11.2 Å². The van der Waals surface area contributed by atoms with E-state index in [2.05, 4.69) is 50.2 Å². The Bertz CT molecular complexity index is 632. The number of aliphatic imine (C=N–C) groups is 1. The Balaban J connectivity index is 2.01. The Morgan fingerprint density at radius 3 is 2.84 bits per heavy atom. The third kappa shape index (κ3) is 2.82. The van der Waals surface area contributed by atoms with Crippen molar-refractivity contribution in [2.45, 2.75) is 12.5 Å². The summed E-state index contributed by atoms with van der Waals surface area (Å²) in [6.45, 7) is 0. The van der Waals surface area contributed by atoms with Crippen molar-refractivity contribution in [1.82, 2.24) is 4.98 Å². The molecule has 2 aromatic rings. The summed E-state index contributed by atoms with van der Waals surface area (Å²) in [5.41, 5.74) is 3.32. The zero-order valence-corrected chi connectivity index (χ0v) is 11.9. The van der Waals surface area contributed by atoms with Crippen LogP contribution >= 0.6 is 15.9 Å². The first-order valence-electron chi connectivity index (χ1n) is 6.23. The van der Waals surface area contributed by atoms with Gasteiger partial charge in [0.05, 0.1) is 11.7 Å². The summed E-state index contributed by atoms with van der Waals surface area (Å²) in [5.74, 6) is 0. The van der Waals surface area contributed by atoms with E-state index in [-0.39, 0.29) is 6.04 Å². The number of rotatable bonds is 2. The second-order valence-corrected chi connectivity index (χ2v) is 5.38. The lowest BCUT2D eigenvalue weighted by Crippen LogP contribution is -1.98. The molecule has 94 valence electrons. The fraction of sp³-hybridized carbons (Fsp3) is 0.125. The topological polar surface area (TPSA) is 25.2 Å². The number of aromatic nitrogens is 1. The molecule has 0 saturated carbocycles. The summed E-state index contributed by atoms with van der Waals surface area (Å²) in [6, 6.07) is 12.6. The van der Waals surface area contributed by atoms with E-state index in [0.29, 0.717) is 0 Å². The van der Waals surface area contributed by atoms with Gasteiger partial charge in [-0.25, -0.2) is 0 Å². The number of pyridine rings is 1. The molecule has 1 unspecified atom stereocenters. The van der Waals surface area contributed by atoms with Crippen molar-refractivity contribution in [2.75, 3.05) is 0 Å². The highest BCUT2D eigenvalue weighted by atomic mass is 79.9. The van der Waals surface area contributed by atoms with Crippen LogP contribution in [0.5, 0.6) is 0 Å². The van der Waals surface area contributed by atoms with Crippen LogP contribution < -0.4 is 0 Å². The van der Waals surface area contributed by atoms with E-state index in [9.17, 15) is 0 Å². The van der Waals surface area contributed by atoms with Gasteiger partial charge in [0.1, 0.15) is 0 Å². The predicted molar refractivity (Wildman–Crippen MR) is 82.4 cm³/mol. The first-order valence-corrected chi connectivity index (χ1v) is 7.02. The zero-order valence-electron chi connectivity index (χ0n) is 10.3. The van der Waals surface area contributed by atoms with E-state index in [1.54, 1.807) is 0 Å². The molecule has 1 aromatic carbocycles. The van der Waals surface area contributed by atoms with Gasteiger partial charge >= 0.3 is 0 Å². The van der Waals surface area contributed by atoms with Crippen LogP contribution in [0.3, 0.4) is 0 Å². The molecule has 1 aliphatic heterocycles. The number of hydrogen-bond acceptors (Lipinski definition) is 2. The lowest BCUT2D eigenvalue weighted by atomic mass is 9.99. The van der Waals surface area contributed by atoms with Gasteiger partial charge in [-0.15, -0.1) is 0 Å². The van der Waals surface area contributed by atoms with Crippen molar-refractivity contribution in [3.63, 3.8) is 0 Å². The number of nitrogens with zero attached hydrogens (tertiary/aromatic N) is 2. The highest BCUT2D eigenvalue weighted by Gasteiger charge is 2.12. The summed E-state index contributed by atoms with van der Waals surface area (Å²) in [4.78, 5) is 8.93. The minimum Gasteiger partial charge on any atom is -0.285 e. The second kappa shape index (κ2) is 5.49. The van der Waals surface area contributed by atoms with Gasteiger partial charge in [-0.3, -0.25) is 9.98 Å². The standard InChI is InChI=1S/C16H13BrN2/c17-14-10-12(15-5-1-3-7-18-15)9-13(11-14)16-6-2-4-8-19-16/h1-5,7-11,16H,6H2. The smallest absolute Gasteiger partial charge is 0.0784 e. The molecule has 2 heterocycles. The van der Waals surface area contributed by atoms with E-state index >= 15 is 0 Å². The van der Waals surface area contributed by atoms with E-state index < -0.39 is 0 Å². The average Bonchev–Trinajstić information content (AvgIpc) is 2.48. The number of allylic oxidation sites excluding steroid dienone is 1. The summed E-state index contributed by atoms with van der Waals surface area (Å²) < 4.78 is 1.07. The average molecular weight is 313 g/mol. The molecule has 2 nitrogen and oxygen atoms in total. The van der Waals surface area contributed by atoms with E-state index in [4.69, 9.17) is 0 Å². The summed E-state index contributed by atoms with van der Waals surface area (Å²) in [7, 11) is 0. The molecule has 19 heavy (non-hydrogen) atoms. The molecule has 0 saturated heterocycles. The Kier molecular flexibility index (Phi) is 3.56. The summed E-state index contributed by atoms with van der Waals surface area (Å²) in [5, 5.41) is 0. The van der Waals surface area contributed by atoms with Crippen LogP contribution in [0.25, 0.3) is 11.3 Å². The van der Waals surface area contributed by atoms with E-state index in [1.807, 2.05) is 36.7 Å². The third-order valence-corrected chi connectivity index (χ3v) is 3.57. The Morgan fingerprint density at radius 1 is 1.16 bits per heavy atom. The van der Waals surface area contributed by atoms with E-state index in [1.165, 1.54) is 5.56 Å². The van der Waals surface area contributed by atoms with Crippen molar-refractivity contribution in [3.05, 3.63) is 64.8 Å². The van der Waals surface area contributed by atoms with Gasteiger partial charge in [0.25, 0.3) is 0 Å². The summed E-state index contributed by atoms with van der Waals surface area (Å²) in [6.07, 6.45) is 8.79. The Labute approximate surface area is 121 Å². The molecule has 0 radical (unpaired) electrons. The van der Waals surface area contributed by atoms with Gasteiger partial charge in [-0.05, 0) is 48.4 Å². The molecule has 3 rings (SSSR count). The van der Waals surface area contributed by atoms with Crippen LogP contribution in [0.1, 0.15) is 18.0 Å². The molecule has 1 aliphatic rings. The van der Waals surface area contributed by atoms with Crippen LogP contribution in [0.4, 0.5) is 0 Å². The lowest BCUT2D eigenvalue weighted by molar-refractivity contribution is 0.740. The van der Waals surface area contributed by atoms with E-state index in [0.717, 1.165) is 22.2 Å². The van der Waals surface area contributed by atoms with Crippen LogP contribution in [0.15, 0.2) is 64.2 Å². The molecule has 0 N–H and O–H groups in total. The fourth-order valence-electron chi connectivity index (χ4n) is 2.19. The first-order chi connectivity index (χ1) is 9.33. The molecular formula is C16H13BrN2. The first kappa shape index (κ1) is 12.3. The van der Waals surface area contributed by atoms with Crippen LogP contribution in [0.2, 0.25) is 0 Å². The van der Waals surface area contributed by atoms with Crippen molar-refractivity contribution < 1.29 is 0 Å². The molecule has 0 spiro atoms. The number of halogens is 1. The minimum atomic E-state index is 0.213. The lowest BCUT2D eigenvalue weighted by Gasteiger charge is -2.14. The quantitative estimate of drug-likeness (QED) is 0.796. The normalized spacial score (nSPS) is 17.6. The molecule has 0 amide bonds. The Morgan fingerprint density at radius 2 is 2.11 bits per heavy atom. The molecule has 0 fully saturated rings. The van der Waals surface area contributed by atoms with Gasteiger partial charge in [-0.1, -0.05) is 28.1 Å². The number of benzene rings is 1. The largest absolute Gasteiger partial charge is 0.285 e. The van der Waals surface area contributed by atoms with Gasteiger partial charge < -0.3 is 0 Å². The molecule has 1 aromatic heterocycles. The third-order valence-electron chi connectivity index (χ3n) is 3.11. The maximum Gasteiger partial charge on any atom is 0.0784 e. The summed E-state index contributed by atoms with van der Waals surface area (Å²) >= 11 is 3.58. The Hall–Kier alpha value is -1.74. The molecule has 3 heteroatoms. The van der Waals surface area contributed by atoms with Gasteiger partial charge in [-0.2, -0.15) is 0 Å². The zero-order chi connectivity index (χ0) is 13.1. The SMILES string of the molecule is Brc1cc(-c2ccccn2)cc(C2CC=CC=N2)c1. The highest BCUT2D eigenvalue weighted by molar-refractivity contribution is 9.10. The highest BCUT2D eigenvalue weighted by Crippen LogP contribution is 2.30. The maximum absolute atomic E-state index is 4.52. The predicted octanol–water partition coefficient (Wildman–Crippen LogP) is 4.58. The van der Waals surface area contributed by atoms with Gasteiger partial charge in [0, 0.05) is 22.4 Å². The van der Waals surface area contributed by atoms with Crippen LogP contribution in [-0.2, 0) is 0 Å². The maximum atomic E-state index is 4.52. The molecular weight excluding hydrogens is 300 g/mol. The van der Waals surface area contributed by atoms with Crippen LogP contribution in [0, 0.1) is 0 Å². The van der Waals surface area contributed by atoms with Crippen molar-refractivity contribution in [1.29, 1.82) is 0 Å². The van der Waals surface area contributed by atoms with Crippen molar-refractivity contribution in [2.24, 2.45) is 4.99 Å². The fourth-order valence-corrected chi connectivity index (χ4v) is 2.70. The second-order valence-electron chi connectivity index (χ2n) is 4.47. The monoisotopic (exact) mass is 312 g/mol. The molecule has 0 bridgehead atoms. The number of hydrogen-bond donors (Lipinski definition) is 0.